The van der Waals surface area contributed by atoms with E-state index in [0.29, 0.717) is 13.0 Å². The van der Waals surface area contributed by atoms with Crippen LogP contribution in [-0.4, -0.2) is 36.2 Å². The van der Waals surface area contributed by atoms with Crippen LogP contribution < -0.4 is 5.73 Å². The molecule has 0 fully saturated rings. The van der Waals surface area contributed by atoms with E-state index in [4.69, 9.17) is 5.73 Å². The second-order valence-corrected chi connectivity index (χ2v) is 5.76. The van der Waals surface area contributed by atoms with Crippen LogP contribution in [0, 0.1) is 5.41 Å². The first-order valence-electron chi connectivity index (χ1n) is 6.05. The molecule has 0 aromatic heterocycles. The van der Waals surface area contributed by atoms with E-state index in [0.717, 1.165) is 0 Å². The van der Waals surface area contributed by atoms with Crippen molar-refractivity contribution in [1.29, 1.82) is 0 Å². The second-order valence-electron chi connectivity index (χ2n) is 5.76. The number of nitrogens with two attached hydrogens (primary N) is 1. The van der Waals surface area contributed by atoms with Gasteiger partial charge < -0.3 is 5.73 Å². The van der Waals surface area contributed by atoms with Gasteiger partial charge in [0.2, 0.25) is 0 Å². The van der Waals surface area contributed by atoms with Gasteiger partial charge in [-0.05, 0) is 25.3 Å². The van der Waals surface area contributed by atoms with Gasteiger partial charge in [0.15, 0.2) is 0 Å². The Kier molecular flexibility index (Phi) is 5.94. The van der Waals surface area contributed by atoms with E-state index in [2.05, 4.69) is 0 Å². The summed E-state index contributed by atoms with van der Waals surface area (Å²) in [6.45, 7) is 8.98. The Labute approximate surface area is 102 Å². The Morgan fingerprint density at radius 2 is 1.65 bits per heavy atom. The first-order chi connectivity index (χ1) is 7.49. The lowest BCUT2D eigenvalue weighted by Crippen LogP contribution is -2.56. The van der Waals surface area contributed by atoms with Crippen molar-refractivity contribution in [2.75, 3.05) is 13.1 Å². The molecule has 0 amide bonds. The minimum absolute atomic E-state index is 0.269. The van der Waals surface area contributed by atoms with Crippen LogP contribution in [0.25, 0.3) is 0 Å². The van der Waals surface area contributed by atoms with Gasteiger partial charge in [-0.15, -0.1) is 0 Å². The van der Waals surface area contributed by atoms with E-state index in [-0.39, 0.29) is 17.5 Å². The molecule has 0 spiro atoms. The third-order valence-electron chi connectivity index (χ3n) is 2.67. The van der Waals surface area contributed by atoms with Gasteiger partial charge in [-0.2, -0.15) is 13.2 Å². The smallest absolute Gasteiger partial charge is 0.327 e. The van der Waals surface area contributed by atoms with Crippen LogP contribution in [0.5, 0.6) is 0 Å². The van der Waals surface area contributed by atoms with Crippen molar-refractivity contribution in [2.45, 2.75) is 59.3 Å². The van der Waals surface area contributed by atoms with Crippen molar-refractivity contribution in [3.63, 3.8) is 0 Å². The molecular weight excluding hydrogens is 229 g/mol. The second kappa shape index (κ2) is 6.05. The highest BCUT2D eigenvalue weighted by Gasteiger charge is 2.39. The topological polar surface area (TPSA) is 29.3 Å². The molecular formula is C12H25F3N2. The molecule has 2 nitrogen and oxygen atoms in total. The van der Waals surface area contributed by atoms with E-state index < -0.39 is 12.7 Å². The SMILES string of the molecule is CCCN(CC(F)(F)F)C(C(C)N)C(C)(C)C. The molecule has 0 bridgehead atoms. The summed E-state index contributed by atoms with van der Waals surface area (Å²) in [6.07, 6.45) is -3.48. The summed E-state index contributed by atoms with van der Waals surface area (Å²) < 4.78 is 37.7. The summed E-state index contributed by atoms with van der Waals surface area (Å²) in [5.74, 6) is 0. The molecule has 17 heavy (non-hydrogen) atoms. The maximum absolute atomic E-state index is 12.6. The summed E-state index contributed by atoms with van der Waals surface area (Å²) in [6, 6.07) is -0.562. The monoisotopic (exact) mass is 254 g/mol. The molecule has 2 unspecified atom stereocenters. The Morgan fingerprint density at radius 1 is 1.18 bits per heavy atom. The van der Waals surface area contributed by atoms with Crippen molar-refractivity contribution in [3.8, 4) is 0 Å². The zero-order valence-electron chi connectivity index (χ0n) is 11.4. The fraction of sp³-hybridized carbons (Fsp3) is 1.00. The predicted octanol–water partition coefficient (Wildman–Crippen LogP) is 3.02. The van der Waals surface area contributed by atoms with E-state index in [1.807, 2.05) is 27.7 Å². The largest absolute Gasteiger partial charge is 0.401 e. The highest BCUT2D eigenvalue weighted by atomic mass is 19.4. The average molecular weight is 254 g/mol. The number of hydrogen-bond acceptors (Lipinski definition) is 2. The molecule has 0 heterocycles. The summed E-state index contributed by atoms with van der Waals surface area (Å²) >= 11 is 0. The predicted molar refractivity (Wildman–Crippen MR) is 64.8 cm³/mol. The minimum Gasteiger partial charge on any atom is -0.327 e. The van der Waals surface area contributed by atoms with Crippen LogP contribution in [0.3, 0.4) is 0 Å². The lowest BCUT2D eigenvalue weighted by atomic mass is 9.81. The van der Waals surface area contributed by atoms with Crippen LogP contribution in [-0.2, 0) is 0 Å². The van der Waals surface area contributed by atoms with Crippen molar-refractivity contribution in [1.82, 2.24) is 4.90 Å². The van der Waals surface area contributed by atoms with Crippen LogP contribution in [0.2, 0.25) is 0 Å². The molecule has 0 saturated heterocycles. The van der Waals surface area contributed by atoms with Crippen molar-refractivity contribution >= 4 is 0 Å². The third-order valence-corrected chi connectivity index (χ3v) is 2.67. The lowest BCUT2D eigenvalue weighted by molar-refractivity contribution is -0.156. The molecule has 0 aromatic rings. The molecule has 0 rings (SSSR count). The van der Waals surface area contributed by atoms with Gasteiger partial charge >= 0.3 is 6.18 Å². The molecule has 104 valence electrons. The minimum atomic E-state index is -4.17. The Hall–Kier alpha value is -0.290. The van der Waals surface area contributed by atoms with Gasteiger partial charge in [-0.25, -0.2) is 0 Å². The van der Waals surface area contributed by atoms with E-state index in [1.54, 1.807) is 6.92 Å². The standard InChI is InChI=1S/C12H25F3N2/c1-6-7-17(8-12(13,14)15)10(9(2)16)11(3,4)5/h9-10H,6-8,16H2,1-5H3. The normalized spacial score (nSPS) is 17.3. The molecule has 0 radical (unpaired) electrons. The van der Waals surface area contributed by atoms with Gasteiger partial charge in [-0.3, -0.25) is 4.90 Å². The quantitative estimate of drug-likeness (QED) is 0.817. The van der Waals surface area contributed by atoms with Crippen molar-refractivity contribution in [2.24, 2.45) is 11.1 Å². The van der Waals surface area contributed by atoms with E-state index >= 15 is 0 Å². The first kappa shape index (κ1) is 16.7. The maximum Gasteiger partial charge on any atom is 0.401 e. The molecule has 2 N–H and O–H groups in total. The van der Waals surface area contributed by atoms with Gasteiger partial charge in [0.1, 0.15) is 0 Å². The van der Waals surface area contributed by atoms with Gasteiger partial charge in [0, 0.05) is 12.1 Å². The number of nitrogens with zero attached hydrogens (tertiary/aromatic N) is 1. The Morgan fingerprint density at radius 3 is 1.88 bits per heavy atom. The van der Waals surface area contributed by atoms with Crippen LogP contribution >= 0.6 is 0 Å². The van der Waals surface area contributed by atoms with E-state index in [9.17, 15) is 13.2 Å². The van der Waals surface area contributed by atoms with Crippen molar-refractivity contribution in [3.05, 3.63) is 0 Å². The summed E-state index contributed by atoms with van der Waals surface area (Å²) in [5, 5.41) is 0. The van der Waals surface area contributed by atoms with Gasteiger partial charge in [-0.1, -0.05) is 27.7 Å². The summed E-state index contributed by atoms with van der Waals surface area (Å²) in [7, 11) is 0. The summed E-state index contributed by atoms with van der Waals surface area (Å²) in [5.41, 5.74) is 5.59. The number of alkyl halides is 3. The molecule has 5 heteroatoms. The third kappa shape index (κ3) is 6.27. The zero-order chi connectivity index (χ0) is 13.9. The summed E-state index contributed by atoms with van der Waals surface area (Å²) in [4.78, 5) is 1.46. The van der Waals surface area contributed by atoms with Gasteiger partial charge in [0.05, 0.1) is 6.54 Å². The maximum atomic E-state index is 12.6. The van der Waals surface area contributed by atoms with Crippen LogP contribution in [0.4, 0.5) is 13.2 Å². The Balaban J connectivity index is 4.97. The number of hydrogen-bond donors (Lipinski definition) is 1. The number of rotatable bonds is 5. The molecule has 0 saturated carbocycles. The van der Waals surface area contributed by atoms with E-state index in [1.165, 1.54) is 4.90 Å². The highest BCUT2D eigenvalue weighted by Crippen LogP contribution is 2.29. The van der Waals surface area contributed by atoms with Gasteiger partial charge in [0.25, 0.3) is 0 Å². The van der Waals surface area contributed by atoms with Crippen LogP contribution in [0.1, 0.15) is 41.0 Å². The molecule has 2 atom stereocenters. The first-order valence-corrected chi connectivity index (χ1v) is 6.05. The molecule has 0 aromatic carbocycles. The lowest BCUT2D eigenvalue weighted by Gasteiger charge is -2.42. The zero-order valence-corrected chi connectivity index (χ0v) is 11.4. The number of halogens is 3. The Bertz CT molecular complexity index is 219. The fourth-order valence-corrected chi connectivity index (χ4v) is 2.50. The van der Waals surface area contributed by atoms with Crippen molar-refractivity contribution < 1.29 is 13.2 Å². The molecule has 0 aliphatic rings. The highest BCUT2D eigenvalue weighted by molar-refractivity contribution is 4.90. The molecule has 0 aliphatic carbocycles. The fourth-order valence-electron chi connectivity index (χ4n) is 2.50. The van der Waals surface area contributed by atoms with Crippen LogP contribution in [0.15, 0.2) is 0 Å². The molecule has 0 aliphatic heterocycles. The average Bonchev–Trinajstić information content (AvgIpc) is 1.96.